The topological polar surface area (TPSA) is 46.3 Å². The molecule has 2 aromatic rings. The van der Waals surface area contributed by atoms with E-state index < -0.39 is 0 Å². The molecule has 0 unspecified atom stereocenters. The van der Waals surface area contributed by atoms with Gasteiger partial charge >= 0.3 is 0 Å². The zero-order valence-electron chi connectivity index (χ0n) is 9.93. The lowest BCUT2D eigenvalue weighted by molar-refractivity contribution is 0.0994. The van der Waals surface area contributed by atoms with Crippen LogP contribution in [0, 0.1) is 0 Å². The van der Waals surface area contributed by atoms with Gasteiger partial charge in [0.25, 0.3) is 5.91 Å². The van der Waals surface area contributed by atoms with Crippen LogP contribution < -0.4 is 10.6 Å². The molecule has 4 heteroatoms. The van der Waals surface area contributed by atoms with E-state index in [0.717, 1.165) is 5.69 Å². The highest BCUT2D eigenvalue weighted by molar-refractivity contribution is 6.31. The van der Waals surface area contributed by atoms with Crippen molar-refractivity contribution < 1.29 is 4.79 Å². The number of benzene rings is 2. The molecule has 18 heavy (non-hydrogen) atoms. The predicted octanol–water partition coefficient (Wildman–Crippen LogP) is 3.20. The minimum Gasteiger partial charge on any atom is -0.398 e. The summed E-state index contributed by atoms with van der Waals surface area (Å²) in [5, 5.41) is 0.520. The fourth-order valence-corrected chi connectivity index (χ4v) is 1.86. The van der Waals surface area contributed by atoms with Crippen molar-refractivity contribution in [3.05, 3.63) is 59.1 Å². The highest BCUT2D eigenvalue weighted by Crippen LogP contribution is 2.21. The number of rotatable bonds is 2. The Morgan fingerprint density at radius 1 is 1.17 bits per heavy atom. The lowest BCUT2D eigenvalue weighted by Crippen LogP contribution is -2.26. The van der Waals surface area contributed by atoms with E-state index >= 15 is 0 Å². The molecule has 0 aliphatic carbocycles. The van der Waals surface area contributed by atoms with Gasteiger partial charge < -0.3 is 10.6 Å². The maximum Gasteiger partial charge on any atom is 0.260 e. The van der Waals surface area contributed by atoms with Crippen LogP contribution in [0.25, 0.3) is 0 Å². The van der Waals surface area contributed by atoms with Gasteiger partial charge in [-0.1, -0.05) is 29.8 Å². The van der Waals surface area contributed by atoms with Crippen LogP contribution in [-0.2, 0) is 0 Å². The van der Waals surface area contributed by atoms with Crippen molar-refractivity contribution in [2.24, 2.45) is 0 Å². The highest BCUT2D eigenvalue weighted by atomic mass is 35.5. The van der Waals surface area contributed by atoms with E-state index in [9.17, 15) is 4.79 Å². The van der Waals surface area contributed by atoms with Crippen LogP contribution in [-0.4, -0.2) is 13.0 Å². The van der Waals surface area contributed by atoms with Gasteiger partial charge in [-0.15, -0.1) is 0 Å². The molecule has 0 spiro atoms. The average molecular weight is 261 g/mol. The summed E-state index contributed by atoms with van der Waals surface area (Å²) in [5.41, 5.74) is 7.46. The third kappa shape index (κ3) is 2.46. The largest absolute Gasteiger partial charge is 0.398 e. The Kier molecular flexibility index (Phi) is 3.53. The molecule has 0 radical (unpaired) electrons. The molecule has 92 valence electrons. The smallest absolute Gasteiger partial charge is 0.260 e. The Bertz CT molecular complexity index is 569. The third-order valence-corrected chi connectivity index (χ3v) is 2.93. The molecular weight excluding hydrogens is 248 g/mol. The van der Waals surface area contributed by atoms with Gasteiger partial charge in [0.15, 0.2) is 0 Å². The van der Waals surface area contributed by atoms with Crippen LogP contribution in [0.3, 0.4) is 0 Å². The Labute approximate surface area is 111 Å². The lowest BCUT2D eigenvalue weighted by atomic mass is 10.1. The van der Waals surface area contributed by atoms with Gasteiger partial charge in [-0.3, -0.25) is 4.79 Å². The zero-order chi connectivity index (χ0) is 13.1. The van der Waals surface area contributed by atoms with Gasteiger partial charge in [-0.2, -0.15) is 0 Å². The first-order chi connectivity index (χ1) is 8.59. The fraction of sp³-hybridized carbons (Fsp3) is 0.0714. The Morgan fingerprint density at radius 3 is 2.44 bits per heavy atom. The Hall–Kier alpha value is -2.00. The van der Waals surface area contributed by atoms with Crippen molar-refractivity contribution in [3.8, 4) is 0 Å². The number of amides is 1. The third-order valence-electron chi connectivity index (χ3n) is 2.69. The van der Waals surface area contributed by atoms with Gasteiger partial charge in [0.1, 0.15) is 0 Å². The summed E-state index contributed by atoms with van der Waals surface area (Å²) in [7, 11) is 1.71. The molecule has 2 rings (SSSR count). The minimum absolute atomic E-state index is 0.157. The predicted molar refractivity (Wildman–Crippen MR) is 75.0 cm³/mol. The SMILES string of the molecule is CN(C(=O)c1ccc(Cl)cc1N)c1ccccc1. The number of carbonyl (C=O) groups excluding carboxylic acids is 1. The van der Waals surface area contributed by atoms with Crippen LogP contribution in [0.15, 0.2) is 48.5 Å². The first-order valence-corrected chi connectivity index (χ1v) is 5.85. The van der Waals surface area contributed by atoms with Gasteiger partial charge in [0.05, 0.1) is 5.56 Å². The second-order valence-corrected chi connectivity index (χ2v) is 4.37. The number of nitrogens with zero attached hydrogens (tertiary/aromatic N) is 1. The number of hydrogen-bond donors (Lipinski definition) is 1. The van der Waals surface area contributed by atoms with E-state index in [-0.39, 0.29) is 5.91 Å². The molecule has 2 N–H and O–H groups in total. The molecule has 0 atom stereocenters. The molecule has 3 nitrogen and oxygen atoms in total. The normalized spacial score (nSPS) is 10.1. The zero-order valence-corrected chi connectivity index (χ0v) is 10.7. The standard InChI is InChI=1S/C14H13ClN2O/c1-17(11-5-3-2-4-6-11)14(18)12-8-7-10(15)9-13(12)16/h2-9H,16H2,1H3. The Morgan fingerprint density at radius 2 is 1.83 bits per heavy atom. The molecule has 0 aliphatic heterocycles. The number of hydrogen-bond acceptors (Lipinski definition) is 2. The number of para-hydroxylation sites is 1. The average Bonchev–Trinajstić information content (AvgIpc) is 2.38. The molecule has 0 heterocycles. The first kappa shape index (κ1) is 12.5. The maximum atomic E-state index is 12.3. The summed E-state index contributed by atoms with van der Waals surface area (Å²) in [6.45, 7) is 0. The van der Waals surface area contributed by atoms with E-state index in [1.165, 1.54) is 0 Å². The number of nitrogen functional groups attached to an aromatic ring is 1. The molecule has 0 saturated carbocycles. The Balaban J connectivity index is 2.32. The summed E-state index contributed by atoms with van der Waals surface area (Å²) in [5.74, 6) is -0.157. The number of anilines is 2. The van der Waals surface area contributed by atoms with Crippen molar-refractivity contribution in [2.75, 3.05) is 17.7 Å². The molecular formula is C14H13ClN2O. The minimum atomic E-state index is -0.157. The number of halogens is 1. The molecule has 0 saturated heterocycles. The van der Waals surface area contributed by atoms with Crippen molar-refractivity contribution in [3.63, 3.8) is 0 Å². The monoisotopic (exact) mass is 260 g/mol. The van der Waals surface area contributed by atoms with Crippen molar-refractivity contribution >= 4 is 28.9 Å². The second-order valence-electron chi connectivity index (χ2n) is 3.93. The van der Waals surface area contributed by atoms with Crippen LogP contribution in [0.4, 0.5) is 11.4 Å². The van der Waals surface area contributed by atoms with Gasteiger partial charge in [-0.25, -0.2) is 0 Å². The summed E-state index contributed by atoms with van der Waals surface area (Å²) in [6.07, 6.45) is 0. The van der Waals surface area contributed by atoms with Crippen LogP contribution in [0.1, 0.15) is 10.4 Å². The highest BCUT2D eigenvalue weighted by Gasteiger charge is 2.15. The van der Waals surface area contributed by atoms with E-state index in [4.69, 9.17) is 17.3 Å². The van der Waals surface area contributed by atoms with Crippen LogP contribution in [0.5, 0.6) is 0 Å². The van der Waals surface area contributed by atoms with Gasteiger partial charge in [-0.05, 0) is 30.3 Å². The van der Waals surface area contributed by atoms with E-state index in [0.29, 0.717) is 16.3 Å². The van der Waals surface area contributed by atoms with Crippen molar-refractivity contribution in [1.29, 1.82) is 0 Å². The summed E-state index contributed by atoms with van der Waals surface area (Å²) >= 11 is 5.81. The van der Waals surface area contributed by atoms with Gasteiger partial charge in [0.2, 0.25) is 0 Å². The molecule has 0 bridgehead atoms. The second kappa shape index (κ2) is 5.10. The van der Waals surface area contributed by atoms with Crippen LogP contribution >= 0.6 is 11.6 Å². The van der Waals surface area contributed by atoms with Crippen molar-refractivity contribution in [1.82, 2.24) is 0 Å². The number of carbonyl (C=O) groups is 1. The number of nitrogens with two attached hydrogens (primary N) is 1. The first-order valence-electron chi connectivity index (χ1n) is 5.47. The van der Waals surface area contributed by atoms with E-state index in [1.807, 2.05) is 30.3 Å². The van der Waals surface area contributed by atoms with E-state index in [2.05, 4.69) is 0 Å². The molecule has 0 fully saturated rings. The quantitative estimate of drug-likeness (QED) is 0.843. The summed E-state index contributed by atoms with van der Waals surface area (Å²) in [4.78, 5) is 13.8. The van der Waals surface area contributed by atoms with Crippen LogP contribution in [0.2, 0.25) is 5.02 Å². The molecule has 1 amide bonds. The summed E-state index contributed by atoms with van der Waals surface area (Å²) in [6, 6.07) is 14.3. The molecule has 0 aliphatic rings. The van der Waals surface area contributed by atoms with Gasteiger partial charge in [0, 0.05) is 23.4 Å². The summed E-state index contributed by atoms with van der Waals surface area (Å²) < 4.78 is 0. The molecule has 2 aromatic carbocycles. The molecule has 0 aromatic heterocycles. The van der Waals surface area contributed by atoms with Crippen molar-refractivity contribution in [2.45, 2.75) is 0 Å². The fourth-order valence-electron chi connectivity index (χ4n) is 1.68. The lowest BCUT2D eigenvalue weighted by Gasteiger charge is -2.18. The maximum absolute atomic E-state index is 12.3. The van der Waals surface area contributed by atoms with E-state index in [1.54, 1.807) is 30.1 Å².